The van der Waals surface area contributed by atoms with Gasteiger partial charge in [-0.1, -0.05) is 103 Å². The van der Waals surface area contributed by atoms with Gasteiger partial charge in [0.25, 0.3) is 21.4 Å². The Morgan fingerprint density at radius 1 is 0.717 bits per heavy atom. The van der Waals surface area contributed by atoms with Crippen LogP contribution in [0, 0.1) is 66.7 Å². The minimum absolute atomic E-state index is 0. The predicted octanol–water partition coefficient (Wildman–Crippen LogP) is 12.0. The van der Waals surface area contributed by atoms with Gasteiger partial charge in [-0.05, 0) is 100 Å². The van der Waals surface area contributed by atoms with Gasteiger partial charge in [0.05, 0.1) is 30.8 Å². The molecule has 0 heterocycles. The number of nitrogens with one attached hydrogen (secondary N) is 1. The Morgan fingerprint density at radius 2 is 1.03 bits per heavy atom. The number of halogens is 7. The molecule has 60 heavy (non-hydrogen) atoms. The molecule has 0 aliphatic carbocycles. The third-order valence-electron chi connectivity index (χ3n) is 7.15. The summed E-state index contributed by atoms with van der Waals surface area (Å²) in [7, 11) is -7.05. The number of sulfonamides is 1. The SMILES string of the molecule is Cc1cc(C=O)c([N+](=O)[O-])cc1C.Cc1ccc(S(=O)(=O)CN=Cc2cc(C)c(C)cc2[N+](=O)[O-])cc1.Cc1ccc(S(=O)(=O)NN)cc1.IC(I)I.[CH2-]I.[I][V]([I])[I].[V]. The van der Waals surface area contributed by atoms with E-state index in [0.717, 1.165) is 33.3 Å². The van der Waals surface area contributed by atoms with Crippen LogP contribution in [-0.4, -0.2) is 45.0 Å². The number of nitro groups is 2. The number of nitrogens with zero attached hydrogens (tertiary/aromatic N) is 3. The Morgan fingerprint density at radius 3 is 1.37 bits per heavy atom. The van der Waals surface area contributed by atoms with Crippen molar-refractivity contribution in [1.29, 1.82) is 0 Å². The Bertz CT molecular complexity index is 2210. The van der Waals surface area contributed by atoms with Crippen molar-refractivity contribution in [3.63, 3.8) is 0 Å². The molecule has 0 saturated carbocycles. The van der Waals surface area contributed by atoms with Crippen LogP contribution in [0.5, 0.6) is 0 Å². The fourth-order valence-electron chi connectivity index (χ4n) is 4.00. The Hall–Kier alpha value is 1.12. The Kier molecular flexibility index (Phi) is 37.5. The third-order valence-corrected chi connectivity index (χ3v) is 9.83. The van der Waals surface area contributed by atoms with E-state index in [9.17, 15) is 41.9 Å². The second kappa shape index (κ2) is 34.4. The summed E-state index contributed by atoms with van der Waals surface area (Å²) < 4.78 is 47.3. The molecule has 4 aromatic rings. The van der Waals surface area contributed by atoms with E-state index in [1.807, 2.05) is 50.3 Å². The van der Waals surface area contributed by atoms with Crippen LogP contribution in [0.3, 0.4) is 0 Å². The number of benzene rings is 4. The minimum Gasteiger partial charge on any atom is 0 e. The molecule has 0 aromatic heterocycles. The van der Waals surface area contributed by atoms with Crippen molar-refractivity contribution in [2.24, 2.45) is 10.8 Å². The first kappa shape index (κ1) is 65.4. The van der Waals surface area contributed by atoms with Gasteiger partial charge in [-0.25, -0.2) is 16.8 Å². The van der Waals surface area contributed by atoms with E-state index in [0.29, 0.717) is 11.8 Å². The fourth-order valence-corrected chi connectivity index (χ4v) is 5.60. The van der Waals surface area contributed by atoms with Crippen LogP contribution in [0.4, 0.5) is 11.4 Å². The molecule has 0 unspecified atom stereocenters. The fraction of sp³-hybridized carbons (Fsp3) is 0.229. The number of aliphatic imine (C=N–C) groups is 1. The van der Waals surface area contributed by atoms with Crippen molar-refractivity contribution in [3.8, 4) is 0 Å². The summed E-state index contributed by atoms with van der Waals surface area (Å²) in [6, 6.07) is 19.0. The van der Waals surface area contributed by atoms with Crippen LogP contribution in [0.2, 0.25) is 0 Å². The number of nitro benzene ring substituents is 2. The van der Waals surface area contributed by atoms with E-state index in [4.69, 9.17) is 5.84 Å². The maximum absolute atomic E-state index is 12.2. The largest absolute Gasteiger partial charge is 0 e. The maximum atomic E-state index is 12.2. The van der Waals surface area contributed by atoms with E-state index in [2.05, 4.69) is 138 Å². The van der Waals surface area contributed by atoms with Crippen molar-refractivity contribution in [2.75, 3.05) is 5.88 Å². The summed E-state index contributed by atoms with van der Waals surface area (Å²) >= 11 is 16.2. The molecule has 0 saturated heterocycles. The number of nitrogens with two attached hydrogens (primary N) is 1. The molecule has 0 fully saturated rings. The Balaban J connectivity index is -0.000000767. The molecule has 0 amide bonds. The zero-order chi connectivity index (χ0) is 46.3. The summed E-state index contributed by atoms with van der Waals surface area (Å²) in [5.41, 5.74) is 5.55. The molecule has 14 nitrogen and oxygen atoms in total. The van der Waals surface area contributed by atoms with Gasteiger partial charge < -0.3 is 22.6 Å². The quantitative estimate of drug-likeness (QED) is 0.0236. The molecule has 0 bridgehead atoms. The van der Waals surface area contributed by atoms with Crippen LogP contribution in [0.1, 0.15) is 49.3 Å². The van der Waals surface area contributed by atoms with E-state index >= 15 is 0 Å². The molecule has 331 valence electrons. The molecule has 25 heteroatoms. The van der Waals surface area contributed by atoms with Gasteiger partial charge in [0.15, 0.2) is 16.1 Å². The van der Waals surface area contributed by atoms with Crippen molar-refractivity contribution < 1.29 is 55.0 Å². The van der Waals surface area contributed by atoms with Gasteiger partial charge in [0.2, 0.25) is 0 Å². The summed E-state index contributed by atoms with van der Waals surface area (Å²) in [5, 5.41) is 21.6. The van der Waals surface area contributed by atoms with Crippen molar-refractivity contribution in [3.05, 3.63) is 142 Å². The van der Waals surface area contributed by atoms with Crippen molar-refractivity contribution >= 4 is 194 Å². The minimum atomic E-state index is -3.57. The summed E-state index contributed by atoms with van der Waals surface area (Å²) in [6.07, 6.45) is 1.75. The summed E-state index contributed by atoms with van der Waals surface area (Å²) in [5.74, 6) is 4.38. The van der Waals surface area contributed by atoms with E-state index in [1.54, 1.807) is 49.0 Å². The molecule has 0 aliphatic rings. The van der Waals surface area contributed by atoms with Crippen molar-refractivity contribution in [1.82, 2.24) is 4.83 Å². The van der Waals surface area contributed by atoms with E-state index in [1.165, 1.54) is 48.7 Å². The zero-order valence-corrected chi connectivity index (χ0v) is 52.1. The third kappa shape index (κ3) is 27.6. The van der Waals surface area contributed by atoms with Crippen LogP contribution in [-0.2, 0) is 43.3 Å². The van der Waals surface area contributed by atoms with Crippen LogP contribution < -0.4 is 10.7 Å². The molecule has 1 radical (unpaired) electrons. The monoisotopic (exact) mass is 1730 g/mol. The van der Waals surface area contributed by atoms with Gasteiger partial charge in [0, 0.05) is 36.9 Å². The first-order valence-electron chi connectivity index (χ1n) is 15.8. The average molecular weight is 1730 g/mol. The van der Waals surface area contributed by atoms with Gasteiger partial charge in [-0.3, -0.25) is 40.8 Å². The van der Waals surface area contributed by atoms with Crippen LogP contribution in [0.15, 0.2) is 87.6 Å². The zero-order valence-electron chi connectivity index (χ0n) is 32.5. The summed E-state index contributed by atoms with van der Waals surface area (Å²) in [4.78, 5) is 40.0. The number of carbonyl (C=O) groups is 1. The number of rotatable bonds is 9. The number of hydrazine groups is 1. The molecular formula is C35H40I7N5O9S2V2-. The number of alkyl halides is 3. The predicted molar refractivity (Wildman–Crippen MR) is 294 cm³/mol. The van der Waals surface area contributed by atoms with Gasteiger partial charge >= 0.3 is 64.9 Å². The molecule has 4 rings (SSSR count). The maximum Gasteiger partial charge on any atom is 0 e. The number of aldehydes is 1. The molecule has 0 aliphatic heterocycles. The van der Waals surface area contributed by atoms with Crippen LogP contribution in [0.25, 0.3) is 0 Å². The normalized spacial score (nSPS) is 10.4. The molecule has 3 N–H and O–H groups in total. The topological polar surface area (TPSA) is 222 Å². The van der Waals surface area contributed by atoms with Gasteiger partial charge in [-0.15, -0.1) is 0 Å². The summed E-state index contributed by atoms with van der Waals surface area (Å²) in [6.45, 7) is 11.0. The van der Waals surface area contributed by atoms with E-state index in [-0.39, 0.29) is 50.2 Å². The number of carbonyl (C=O) groups excluding carboxylic acids is 1. The molecular weight excluding hydrogens is 1690 g/mol. The first-order chi connectivity index (χ1) is 27.3. The van der Waals surface area contributed by atoms with Crippen molar-refractivity contribution in [2.45, 2.75) is 51.3 Å². The first-order valence-corrected chi connectivity index (χ1v) is 37.7. The second-order valence-corrected chi connectivity index (χ2v) is 61.3. The van der Waals surface area contributed by atoms with Gasteiger partial charge in [-0.2, -0.15) is 4.83 Å². The number of sulfone groups is 1. The Labute approximate surface area is 456 Å². The second-order valence-electron chi connectivity index (χ2n) is 11.4. The molecule has 4 aromatic carbocycles. The molecule has 0 spiro atoms. The van der Waals surface area contributed by atoms with E-state index < -0.39 is 35.6 Å². The number of hydrogen-bond acceptors (Lipinski definition) is 11. The van der Waals surface area contributed by atoms with Crippen LogP contribution >= 0.6 is 150 Å². The smallest absolute Gasteiger partial charge is 0 e. The number of aryl methyl sites for hydroxylation is 6. The molecule has 0 atom stereocenters. The van der Waals surface area contributed by atoms with Gasteiger partial charge in [0.1, 0.15) is 5.81 Å². The average Bonchev–Trinajstić information content (AvgIpc) is 3.15. The standard InChI is InChI=1S/C17H18N2O4S.C9H9NO3.C7H10N2O2S.CHI3.CH2I.3HI.2V/c1-12-4-6-16(7-5-12)24(22,23)11-18-10-15-8-13(2)14(3)9-17(15)19(20)21;1-6-3-8(5-11)9(10(12)13)4-7(6)2;1-6-2-4-7(5-3-6)12(10,11)9-8;2-1(3)4;1-2;;;;;/h4-10H,11H2,1-3H3;3-5H,1-2H3;2-5,9H,8H2,1H3;1H;1H2;3*1H;;/q;;;;-1;;;;;+3/p-3. The number of hydrogen-bond donors (Lipinski definition) is 2.